The van der Waals surface area contributed by atoms with E-state index in [0.29, 0.717) is 24.7 Å². The number of anilines is 1. The van der Waals surface area contributed by atoms with Crippen molar-refractivity contribution >= 4 is 23.2 Å². The molecule has 0 radical (unpaired) electrons. The summed E-state index contributed by atoms with van der Waals surface area (Å²) >= 11 is 6.04. The molecule has 0 saturated heterocycles. The Morgan fingerprint density at radius 1 is 1.43 bits per heavy atom. The van der Waals surface area contributed by atoms with Gasteiger partial charge in [0.05, 0.1) is 11.9 Å². The second kappa shape index (κ2) is 8.02. The van der Waals surface area contributed by atoms with E-state index in [2.05, 4.69) is 15.7 Å². The van der Waals surface area contributed by atoms with Crippen molar-refractivity contribution in [1.82, 2.24) is 15.1 Å². The molecule has 7 heteroatoms. The van der Waals surface area contributed by atoms with Gasteiger partial charge in [-0.15, -0.1) is 0 Å². The normalized spacial score (nSPS) is 12.3. The van der Waals surface area contributed by atoms with Crippen LogP contribution in [-0.2, 0) is 11.3 Å². The number of amides is 1. The van der Waals surface area contributed by atoms with Crippen LogP contribution in [0.4, 0.5) is 5.69 Å². The van der Waals surface area contributed by atoms with Gasteiger partial charge in [-0.1, -0.05) is 32.4 Å². The van der Waals surface area contributed by atoms with Crippen LogP contribution in [0.15, 0.2) is 11.0 Å². The molecule has 0 bridgehead atoms. The van der Waals surface area contributed by atoms with Gasteiger partial charge in [0.2, 0.25) is 5.91 Å². The SMILES string of the molecule is CCCn1ncc(NC(C)C(=O)NCC(C)C)c(Cl)c1=O. The molecule has 0 aliphatic heterocycles. The standard InChI is InChI=1S/C14H23ClN4O2/c1-5-6-19-14(21)12(15)11(8-17-19)18-10(4)13(20)16-7-9(2)3/h8-10,18H,5-7H2,1-4H3,(H,16,20). The zero-order valence-electron chi connectivity index (χ0n) is 12.9. The lowest BCUT2D eigenvalue weighted by atomic mass is 10.2. The molecule has 1 unspecified atom stereocenters. The van der Waals surface area contributed by atoms with E-state index in [4.69, 9.17) is 11.6 Å². The van der Waals surface area contributed by atoms with Crippen molar-refractivity contribution in [1.29, 1.82) is 0 Å². The first-order chi connectivity index (χ1) is 9.86. The molecule has 0 saturated carbocycles. The van der Waals surface area contributed by atoms with Crippen molar-refractivity contribution in [3.63, 3.8) is 0 Å². The predicted octanol–water partition coefficient (Wildman–Crippen LogP) is 1.88. The fourth-order valence-electron chi connectivity index (χ4n) is 1.69. The number of rotatable bonds is 7. The topological polar surface area (TPSA) is 76.0 Å². The first-order valence-corrected chi connectivity index (χ1v) is 7.54. The third-order valence-corrected chi connectivity index (χ3v) is 3.24. The summed E-state index contributed by atoms with van der Waals surface area (Å²) in [5.74, 6) is 0.238. The quantitative estimate of drug-likeness (QED) is 0.805. The number of carbonyl (C=O) groups is 1. The summed E-state index contributed by atoms with van der Waals surface area (Å²) in [5, 5.41) is 9.84. The Labute approximate surface area is 129 Å². The monoisotopic (exact) mass is 314 g/mol. The van der Waals surface area contributed by atoms with Gasteiger partial charge in [-0.25, -0.2) is 4.68 Å². The van der Waals surface area contributed by atoms with Gasteiger partial charge >= 0.3 is 0 Å². The van der Waals surface area contributed by atoms with Gasteiger partial charge in [0.25, 0.3) is 5.56 Å². The van der Waals surface area contributed by atoms with E-state index in [1.807, 2.05) is 20.8 Å². The van der Waals surface area contributed by atoms with E-state index in [-0.39, 0.29) is 16.5 Å². The minimum absolute atomic E-state index is 0.0574. The van der Waals surface area contributed by atoms with Crippen molar-refractivity contribution < 1.29 is 4.79 Å². The van der Waals surface area contributed by atoms with Gasteiger partial charge in [0, 0.05) is 13.1 Å². The van der Waals surface area contributed by atoms with E-state index >= 15 is 0 Å². The van der Waals surface area contributed by atoms with Gasteiger partial charge in [-0.3, -0.25) is 9.59 Å². The van der Waals surface area contributed by atoms with Gasteiger partial charge < -0.3 is 10.6 Å². The summed E-state index contributed by atoms with van der Waals surface area (Å²) in [7, 11) is 0. The van der Waals surface area contributed by atoms with Crippen LogP contribution in [0.1, 0.15) is 34.1 Å². The third-order valence-electron chi connectivity index (χ3n) is 2.87. The van der Waals surface area contributed by atoms with Gasteiger partial charge in [-0.2, -0.15) is 5.10 Å². The summed E-state index contributed by atoms with van der Waals surface area (Å²) in [4.78, 5) is 23.9. The molecule has 0 aliphatic carbocycles. The maximum atomic E-state index is 12.0. The zero-order valence-corrected chi connectivity index (χ0v) is 13.7. The molecular weight excluding hydrogens is 292 g/mol. The van der Waals surface area contributed by atoms with Gasteiger partial charge in [0.15, 0.2) is 0 Å². The molecule has 2 N–H and O–H groups in total. The molecule has 1 rings (SSSR count). The smallest absolute Gasteiger partial charge is 0.287 e. The lowest BCUT2D eigenvalue weighted by molar-refractivity contribution is -0.121. The maximum absolute atomic E-state index is 12.0. The van der Waals surface area contributed by atoms with Crippen molar-refractivity contribution in [2.45, 2.75) is 46.7 Å². The number of nitrogens with one attached hydrogen (secondary N) is 2. The van der Waals surface area contributed by atoms with E-state index in [9.17, 15) is 9.59 Å². The van der Waals surface area contributed by atoms with Crippen LogP contribution in [-0.4, -0.2) is 28.3 Å². The third kappa shape index (κ3) is 5.04. The van der Waals surface area contributed by atoms with Crippen LogP contribution in [0.3, 0.4) is 0 Å². The molecular formula is C14H23ClN4O2. The highest BCUT2D eigenvalue weighted by Crippen LogP contribution is 2.16. The van der Waals surface area contributed by atoms with Gasteiger partial charge in [-0.05, 0) is 19.3 Å². The Hall–Kier alpha value is -1.56. The molecule has 0 fully saturated rings. The van der Waals surface area contributed by atoms with Crippen LogP contribution in [0.5, 0.6) is 0 Å². The first kappa shape index (κ1) is 17.5. The Bertz CT molecular complexity index is 542. The largest absolute Gasteiger partial charge is 0.371 e. The Kier molecular flexibility index (Phi) is 6.68. The Morgan fingerprint density at radius 3 is 2.67 bits per heavy atom. The summed E-state index contributed by atoms with van der Waals surface area (Å²) in [6.45, 7) is 8.83. The first-order valence-electron chi connectivity index (χ1n) is 7.16. The molecule has 0 spiro atoms. The molecule has 1 aromatic heterocycles. The zero-order chi connectivity index (χ0) is 16.0. The molecule has 1 aromatic rings. The molecule has 1 atom stereocenters. The number of halogens is 1. The van der Waals surface area contributed by atoms with E-state index in [1.165, 1.54) is 10.9 Å². The molecule has 21 heavy (non-hydrogen) atoms. The molecule has 0 aromatic carbocycles. The maximum Gasteiger partial charge on any atom is 0.287 e. The van der Waals surface area contributed by atoms with Crippen LogP contribution in [0.25, 0.3) is 0 Å². The summed E-state index contributed by atoms with van der Waals surface area (Å²) in [6.07, 6.45) is 2.27. The van der Waals surface area contributed by atoms with Crippen LogP contribution >= 0.6 is 11.6 Å². The predicted molar refractivity (Wildman–Crippen MR) is 84.7 cm³/mol. The number of aromatic nitrogens is 2. The lowest BCUT2D eigenvalue weighted by Gasteiger charge is -2.17. The minimum Gasteiger partial charge on any atom is -0.371 e. The number of aryl methyl sites for hydroxylation is 1. The van der Waals surface area contributed by atoms with Crippen molar-refractivity contribution in [3.8, 4) is 0 Å². The van der Waals surface area contributed by atoms with Gasteiger partial charge in [0.1, 0.15) is 11.1 Å². The van der Waals surface area contributed by atoms with Crippen LogP contribution in [0, 0.1) is 5.92 Å². The number of carbonyl (C=O) groups excluding carboxylic acids is 1. The number of nitrogens with zero attached hydrogens (tertiary/aromatic N) is 2. The van der Waals surface area contributed by atoms with Crippen molar-refractivity contribution in [2.75, 3.05) is 11.9 Å². The van der Waals surface area contributed by atoms with E-state index < -0.39 is 6.04 Å². The van der Waals surface area contributed by atoms with E-state index in [1.54, 1.807) is 6.92 Å². The number of hydrogen-bond donors (Lipinski definition) is 2. The summed E-state index contributed by atoms with van der Waals surface area (Å²) < 4.78 is 1.32. The molecule has 1 amide bonds. The fraction of sp³-hybridized carbons (Fsp3) is 0.643. The average Bonchev–Trinajstić information content (AvgIpc) is 2.44. The van der Waals surface area contributed by atoms with Crippen molar-refractivity contribution in [2.24, 2.45) is 5.92 Å². The lowest BCUT2D eigenvalue weighted by Crippen LogP contribution is -2.39. The molecule has 118 valence electrons. The minimum atomic E-state index is -0.496. The highest BCUT2D eigenvalue weighted by Gasteiger charge is 2.16. The molecule has 6 nitrogen and oxygen atoms in total. The highest BCUT2D eigenvalue weighted by atomic mass is 35.5. The van der Waals surface area contributed by atoms with Crippen LogP contribution in [0.2, 0.25) is 5.02 Å². The Morgan fingerprint density at radius 2 is 2.10 bits per heavy atom. The van der Waals surface area contributed by atoms with E-state index in [0.717, 1.165) is 6.42 Å². The highest BCUT2D eigenvalue weighted by molar-refractivity contribution is 6.33. The average molecular weight is 315 g/mol. The summed E-state index contributed by atoms with van der Waals surface area (Å²) in [5.41, 5.74) is 0.0273. The molecule has 1 heterocycles. The second-order valence-corrected chi connectivity index (χ2v) is 5.78. The van der Waals surface area contributed by atoms with Crippen molar-refractivity contribution in [3.05, 3.63) is 21.6 Å². The van der Waals surface area contributed by atoms with Crippen LogP contribution < -0.4 is 16.2 Å². The molecule has 0 aliphatic rings. The summed E-state index contributed by atoms with van der Waals surface area (Å²) in [6, 6.07) is -0.496. The Balaban J connectivity index is 2.77. The number of hydrogen-bond acceptors (Lipinski definition) is 4. The second-order valence-electron chi connectivity index (χ2n) is 5.41. The fourth-order valence-corrected chi connectivity index (χ4v) is 1.89.